The number of benzene rings is 4. The zero-order valence-corrected chi connectivity index (χ0v) is 20.6. The number of rotatable bonds is 5. The van der Waals surface area contributed by atoms with E-state index >= 15 is 0 Å². The Hall–Kier alpha value is -4.07. The Labute approximate surface area is 210 Å². The first-order chi connectivity index (χ1) is 17.8. The zero-order valence-electron chi connectivity index (χ0n) is 19.8. The zero-order chi connectivity index (χ0) is 23.9. The summed E-state index contributed by atoms with van der Waals surface area (Å²) in [6, 6.07) is 43.1. The second-order valence-corrected chi connectivity index (χ2v) is 11.2. The van der Waals surface area contributed by atoms with Gasteiger partial charge >= 0.3 is 0 Å². The number of nitrogens with zero attached hydrogens (tertiary/aromatic N) is 3. The Balaban J connectivity index is 1.39. The molecule has 0 unspecified atom stereocenters. The van der Waals surface area contributed by atoms with Crippen molar-refractivity contribution in [3.05, 3.63) is 133 Å². The van der Waals surface area contributed by atoms with Crippen LogP contribution in [0, 0.1) is 0 Å². The van der Waals surface area contributed by atoms with Crippen molar-refractivity contribution < 1.29 is 0 Å². The molecule has 4 aromatic carbocycles. The number of pyridine rings is 2. The van der Waals surface area contributed by atoms with Gasteiger partial charge in [-0.1, -0.05) is 84.9 Å². The maximum atomic E-state index is 5.06. The van der Waals surface area contributed by atoms with Crippen molar-refractivity contribution in [2.75, 3.05) is 0 Å². The summed E-state index contributed by atoms with van der Waals surface area (Å²) in [7, 11) is -0.690. The standard InChI is InChI=1S/C32H24N3P/c1-5-13-29-23(9-1)17-19-25(33-29)21-36(22-26-20-18-24-10-2-6-14-30(24)34-26)35-31-15-7-3-11-27(31)28-12-4-8-16-32(28)35/h1-20H,21-22H2. The Kier molecular flexibility index (Phi) is 5.22. The van der Waals surface area contributed by atoms with Crippen LogP contribution in [0.4, 0.5) is 0 Å². The first-order valence-corrected chi connectivity index (χ1v) is 13.9. The van der Waals surface area contributed by atoms with Gasteiger partial charge in [0.25, 0.3) is 0 Å². The van der Waals surface area contributed by atoms with E-state index in [9.17, 15) is 0 Å². The maximum absolute atomic E-state index is 5.06. The van der Waals surface area contributed by atoms with Gasteiger partial charge in [0.2, 0.25) is 0 Å². The molecular weight excluding hydrogens is 457 g/mol. The molecule has 0 bridgehead atoms. The monoisotopic (exact) mass is 481 g/mol. The molecule has 0 atom stereocenters. The van der Waals surface area contributed by atoms with E-state index in [1.54, 1.807) is 0 Å². The summed E-state index contributed by atoms with van der Waals surface area (Å²) in [5, 5.41) is 4.97. The molecule has 0 aliphatic rings. The summed E-state index contributed by atoms with van der Waals surface area (Å²) in [4.78, 5) is 10.1. The second kappa shape index (κ2) is 8.86. The van der Waals surface area contributed by atoms with Gasteiger partial charge in [0, 0.05) is 53.3 Å². The average Bonchev–Trinajstić information content (AvgIpc) is 3.27. The van der Waals surface area contributed by atoms with Crippen molar-refractivity contribution in [2.24, 2.45) is 0 Å². The lowest BCUT2D eigenvalue weighted by molar-refractivity contribution is 1.14. The molecule has 0 saturated heterocycles. The molecule has 0 amide bonds. The topological polar surface area (TPSA) is 30.7 Å². The third kappa shape index (κ3) is 3.73. The Bertz CT molecular complexity index is 1740. The molecule has 172 valence electrons. The summed E-state index contributed by atoms with van der Waals surface area (Å²) in [5.41, 5.74) is 6.93. The minimum absolute atomic E-state index is 0.690. The van der Waals surface area contributed by atoms with Gasteiger partial charge in [0.1, 0.15) is 0 Å². The molecule has 36 heavy (non-hydrogen) atoms. The van der Waals surface area contributed by atoms with Gasteiger partial charge in [-0.25, -0.2) is 0 Å². The van der Waals surface area contributed by atoms with Crippen LogP contribution in [-0.2, 0) is 12.3 Å². The van der Waals surface area contributed by atoms with Crippen LogP contribution >= 0.6 is 8.07 Å². The number of hydrogen-bond donors (Lipinski definition) is 0. The third-order valence-electron chi connectivity index (χ3n) is 6.84. The molecule has 3 aromatic heterocycles. The lowest BCUT2D eigenvalue weighted by atomic mass is 10.2. The van der Waals surface area contributed by atoms with Gasteiger partial charge in [-0.3, -0.25) is 9.97 Å². The van der Waals surface area contributed by atoms with Crippen LogP contribution in [0.5, 0.6) is 0 Å². The SMILES string of the molecule is c1ccc2nc(CP(Cc3ccc4ccccc4n3)n3c4ccccc4c4ccccc43)ccc2c1. The Morgan fingerprint density at radius 2 is 0.917 bits per heavy atom. The van der Waals surface area contributed by atoms with E-state index in [0.29, 0.717) is 0 Å². The molecule has 0 radical (unpaired) electrons. The largest absolute Gasteiger partial charge is 0.318 e. The van der Waals surface area contributed by atoms with Crippen molar-refractivity contribution in [1.82, 2.24) is 14.3 Å². The summed E-state index contributed by atoms with van der Waals surface area (Å²) in [5.74, 6) is 0. The highest BCUT2D eigenvalue weighted by atomic mass is 31.1. The van der Waals surface area contributed by atoms with Gasteiger partial charge in [0.15, 0.2) is 0 Å². The van der Waals surface area contributed by atoms with Crippen LogP contribution in [0.15, 0.2) is 121 Å². The maximum Gasteiger partial charge on any atom is 0.0705 e. The predicted octanol–water partition coefficient (Wildman–Crippen LogP) is 8.54. The van der Waals surface area contributed by atoms with Gasteiger partial charge < -0.3 is 4.34 Å². The van der Waals surface area contributed by atoms with E-state index in [-0.39, 0.29) is 0 Å². The molecular formula is C32H24N3P. The molecule has 0 N–H and O–H groups in total. The van der Waals surface area contributed by atoms with E-state index in [4.69, 9.17) is 9.97 Å². The van der Waals surface area contributed by atoms with Crippen LogP contribution in [-0.4, -0.2) is 14.3 Å². The Morgan fingerprint density at radius 1 is 0.472 bits per heavy atom. The highest BCUT2D eigenvalue weighted by molar-refractivity contribution is 7.55. The molecule has 7 rings (SSSR count). The highest BCUT2D eigenvalue weighted by Crippen LogP contribution is 2.50. The van der Waals surface area contributed by atoms with Crippen LogP contribution in [0.25, 0.3) is 43.6 Å². The smallest absolute Gasteiger partial charge is 0.0705 e. The number of hydrogen-bond acceptors (Lipinski definition) is 2. The van der Waals surface area contributed by atoms with Crippen LogP contribution in [0.2, 0.25) is 0 Å². The summed E-state index contributed by atoms with van der Waals surface area (Å²) < 4.78 is 2.58. The lowest BCUT2D eigenvalue weighted by Gasteiger charge is -2.22. The minimum Gasteiger partial charge on any atom is -0.318 e. The Morgan fingerprint density at radius 3 is 1.44 bits per heavy atom. The van der Waals surface area contributed by atoms with Crippen molar-refractivity contribution in [2.45, 2.75) is 12.3 Å². The van der Waals surface area contributed by atoms with Crippen LogP contribution < -0.4 is 0 Å². The summed E-state index contributed by atoms with van der Waals surface area (Å²) >= 11 is 0. The van der Waals surface area contributed by atoms with E-state index in [0.717, 1.165) is 34.7 Å². The molecule has 0 aliphatic carbocycles. The van der Waals surface area contributed by atoms with E-state index in [1.165, 1.54) is 32.6 Å². The number of fused-ring (bicyclic) bond motifs is 5. The molecule has 3 heterocycles. The first kappa shape index (κ1) is 21.2. The van der Waals surface area contributed by atoms with Gasteiger partial charge in [-0.2, -0.15) is 0 Å². The van der Waals surface area contributed by atoms with Crippen LogP contribution in [0.3, 0.4) is 0 Å². The molecule has 0 saturated carbocycles. The van der Waals surface area contributed by atoms with Gasteiger partial charge in [0.05, 0.1) is 22.1 Å². The molecule has 0 aliphatic heterocycles. The highest BCUT2D eigenvalue weighted by Gasteiger charge is 2.20. The van der Waals surface area contributed by atoms with Crippen molar-refractivity contribution in [3.8, 4) is 0 Å². The molecule has 0 spiro atoms. The fourth-order valence-electron chi connectivity index (χ4n) is 5.17. The van der Waals surface area contributed by atoms with Crippen LogP contribution in [0.1, 0.15) is 11.4 Å². The summed E-state index contributed by atoms with van der Waals surface area (Å²) in [6.45, 7) is 0. The van der Waals surface area contributed by atoms with E-state index in [1.807, 2.05) is 0 Å². The van der Waals surface area contributed by atoms with Gasteiger partial charge in [-0.15, -0.1) is 0 Å². The summed E-state index contributed by atoms with van der Waals surface area (Å²) in [6.07, 6.45) is 1.77. The number of para-hydroxylation sites is 4. The minimum atomic E-state index is -0.690. The lowest BCUT2D eigenvalue weighted by Crippen LogP contribution is -2.02. The van der Waals surface area contributed by atoms with Crippen molar-refractivity contribution >= 4 is 51.7 Å². The predicted molar refractivity (Wildman–Crippen MR) is 153 cm³/mol. The fraction of sp³-hybridized carbons (Fsp3) is 0.0625. The van der Waals surface area contributed by atoms with E-state index in [2.05, 4.69) is 126 Å². The van der Waals surface area contributed by atoms with Crippen molar-refractivity contribution in [3.63, 3.8) is 0 Å². The molecule has 7 aromatic rings. The average molecular weight is 482 g/mol. The molecule has 0 fully saturated rings. The number of aromatic nitrogens is 3. The normalized spacial score (nSPS) is 11.8. The van der Waals surface area contributed by atoms with E-state index < -0.39 is 8.07 Å². The third-order valence-corrected chi connectivity index (χ3v) is 9.21. The molecule has 4 heteroatoms. The fourth-order valence-corrected chi connectivity index (χ4v) is 7.62. The second-order valence-electron chi connectivity index (χ2n) is 9.16. The molecule has 3 nitrogen and oxygen atoms in total. The first-order valence-electron chi connectivity index (χ1n) is 12.3. The van der Waals surface area contributed by atoms with Gasteiger partial charge in [-0.05, 0) is 36.4 Å². The van der Waals surface area contributed by atoms with Crippen molar-refractivity contribution in [1.29, 1.82) is 0 Å². The quantitative estimate of drug-likeness (QED) is 0.231.